The summed E-state index contributed by atoms with van der Waals surface area (Å²) in [5.41, 5.74) is 5.46. The maximum atomic E-state index is 8.49. The fourth-order valence-corrected chi connectivity index (χ4v) is 0.529. The summed E-state index contributed by atoms with van der Waals surface area (Å²) in [6.45, 7) is 6.72. The van der Waals surface area contributed by atoms with Crippen molar-refractivity contribution >= 4 is 0 Å². The second-order valence-electron chi connectivity index (χ2n) is 3.09. The first-order chi connectivity index (χ1) is 4.50. The Hall–Kier alpha value is -0.120. The highest BCUT2D eigenvalue weighted by Crippen LogP contribution is 2.07. The van der Waals surface area contributed by atoms with Crippen molar-refractivity contribution in [2.24, 2.45) is 11.7 Å². The monoisotopic (exact) mass is 146 g/mol. The summed E-state index contributed by atoms with van der Waals surface area (Å²) in [6, 6.07) is 0. The highest BCUT2D eigenvalue weighted by molar-refractivity contribution is 4.78. The van der Waals surface area contributed by atoms with Gasteiger partial charge in [0, 0.05) is 6.54 Å². The van der Waals surface area contributed by atoms with E-state index >= 15 is 0 Å². The molecule has 0 aromatic rings. The first-order valence-corrected chi connectivity index (χ1v) is 3.65. The van der Waals surface area contributed by atoms with Gasteiger partial charge in [0.1, 0.15) is 0 Å². The Balaban J connectivity index is 3.63. The van der Waals surface area contributed by atoms with Crippen molar-refractivity contribution in [3.63, 3.8) is 0 Å². The smallest absolute Gasteiger partial charge is 0.0657 e. The lowest BCUT2D eigenvalue weighted by Crippen LogP contribution is -2.55. The Labute approximate surface area is 62.6 Å². The molecule has 10 heavy (non-hydrogen) atoms. The van der Waals surface area contributed by atoms with Crippen LogP contribution in [0.25, 0.3) is 0 Å². The highest BCUT2D eigenvalue weighted by Gasteiger charge is 2.20. The van der Waals surface area contributed by atoms with Crippen molar-refractivity contribution in [2.75, 3.05) is 13.2 Å². The average Bonchev–Trinajstić information content (AvgIpc) is 1.84. The number of hydrogen-bond acceptors (Lipinski definition) is 3. The van der Waals surface area contributed by atoms with Crippen LogP contribution in [0, 0.1) is 5.92 Å². The summed E-state index contributed by atoms with van der Waals surface area (Å²) in [5, 5.41) is 11.5. The molecule has 62 valence electrons. The third kappa shape index (κ3) is 3.15. The van der Waals surface area contributed by atoms with Crippen LogP contribution in [0.4, 0.5) is 0 Å². The van der Waals surface area contributed by atoms with E-state index in [1.807, 2.05) is 20.8 Å². The van der Waals surface area contributed by atoms with E-state index in [0.29, 0.717) is 12.5 Å². The largest absolute Gasteiger partial charge is 0.395 e. The second-order valence-corrected chi connectivity index (χ2v) is 3.09. The van der Waals surface area contributed by atoms with Crippen LogP contribution in [0.15, 0.2) is 0 Å². The van der Waals surface area contributed by atoms with E-state index < -0.39 is 0 Å². The van der Waals surface area contributed by atoms with Crippen LogP contribution in [0.2, 0.25) is 0 Å². The lowest BCUT2D eigenvalue weighted by atomic mass is 9.99. The Kier molecular flexibility index (Phi) is 3.86. The molecule has 4 N–H and O–H groups in total. The topological polar surface area (TPSA) is 58.3 Å². The van der Waals surface area contributed by atoms with Crippen molar-refractivity contribution in [1.29, 1.82) is 0 Å². The molecule has 1 atom stereocenters. The first-order valence-electron chi connectivity index (χ1n) is 3.65. The van der Waals surface area contributed by atoms with Gasteiger partial charge in [-0.2, -0.15) is 0 Å². The molecule has 0 saturated carbocycles. The second kappa shape index (κ2) is 3.91. The van der Waals surface area contributed by atoms with Crippen molar-refractivity contribution in [3.05, 3.63) is 0 Å². The standard InChI is InChI=1S/C7H18N2O/c1-6(2)7(3,8)9-4-5-10/h6,9-10H,4-5,8H2,1-3H3. The molecule has 1 unspecified atom stereocenters. The van der Waals surface area contributed by atoms with Crippen LogP contribution in [-0.2, 0) is 0 Å². The molecule has 0 amide bonds. The van der Waals surface area contributed by atoms with Crippen molar-refractivity contribution < 1.29 is 5.11 Å². The van der Waals surface area contributed by atoms with E-state index in [1.54, 1.807) is 0 Å². The molecule has 0 saturated heterocycles. The van der Waals surface area contributed by atoms with Gasteiger partial charge >= 0.3 is 0 Å². The third-order valence-corrected chi connectivity index (χ3v) is 1.82. The minimum atomic E-state index is -0.358. The summed E-state index contributed by atoms with van der Waals surface area (Å²) in [7, 11) is 0. The normalized spacial score (nSPS) is 17.4. The number of hydrogen-bond donors (Lipinski definition) is 3. The van der Waals surface area contributed by atoms with Gasteiger partial charge in [0.25, 0.3) is 0 Å². The molecular weight excluding hydrogens is 128 g/mol. The Morgan fingerprint density at radius 3 is 2.40 bits per heavy atom. The zero-order valence-electron chi connectivity index (χ0n) is 7.02. The lowest BCUT2D eigenvalue weighted by molar-refractivity contribution is 0.226. The van der Waals surface area contributed by atoms with Gasteiger partial charge in [0.05, 0.1) is 12.3 Å². The minimum absolute atomic E-state index is 0.138. The van der Waals surface area contributed by atoms with Gasteiger partial charge in [0.2, 0.25) is 0 Å². The Bertz CT molecular complexity index is 91.6. The van der Waals surface area contributed by atoms with Gasteiger partial charge in [-0.15, -0.1) is 0 Å². The molecule has 0 rings (SSSR count). The molecule has 3 heteroatoms. The minimum Gasteiger partial charge on any atom is -0.395 e. The van der Waals surface area contributed by atoms with Gasteiger partial charge in [0.15, 0.2) is 0 Å². The molecule has 0 aromatic heterocycles. The Morgan fingerprint density at radius 2 is 2.10 bits per heavy atom. The molecule has 0 aliphatic carbocycles. The third-order valence-electron chi connectivity index (χ3n) is 1.82. The van der Waals surface area contributed by atoms with Crippen LogP contribution in [0.1, 0.15) is 20.8 Å². The number of nitrogens with one attached hydrogen (secondary N) is 1. The zero-order valence-corrected chi connectivity index (χ0v) is 7.02. The van der Waals surface area contributed by atoms with Gasteiger partial charge in [-0.25, -0.2) is 0 Å². The molecule has 0 aliphatic heterocycles. The van der Waals surface area contributed by atoms with Crippen molar-refractivity contribution in [1.82, 2.24) is 5.32 Å². The van der Waals surface area contributed by atoms with E-state index in [9.17, 15) is 0 Å². The average molecular weight is 146 g/mol. The first kappa shape index (κ1) is 9.88. The predicted octanol–water partition coefficient (Wildman–Crippen LogP) is -0.101. The summed E-state index contributed by atoms with van der Waals surface area (Å²) in [6.07, 6.45) is 0. The SMILES string of the molecule is CC(C)C(C)(N)NCCO. The fourth-order valence-electron chi connectivity index (χ4n) is 0.529. The number of rotatable bonds is 4. The number of nitrogens with two attached hydrogens (primary N) is 1. The molecule has 0 aliphatic rings. The molecule has 3 nitrogen and oxygen atoms in total. The maximum absolute atomic E-state index is 8.49. The lowest BCUT2D eigenvalue weighted by Gasteiger charge is -2.30. The molecule has 0 radical (unpaired) electrons. The van der Waals surface area contributed by atoms with Gasteiger partial charge in [-0.05, 0) is 12.8 Å². The maximum Gasteiger partial charge on any atom is 0.0657 e. The predicted molar refractivity (Wildman–Crippen MR) is 42.5 cm³/mol. The van der Waals surface area contributed by atoms with Crippen LogP contribution in [0.5, 0.6) is 0 Å². The van der Waals surface area contributed by atoms with Crippen molar-refractivity contribution in [2.45, 2.75) is 26.4 Å². The van der Waals surface area contributed by atoms with E-state index in [0.717, 1.165) is 0 Å². The molecular formula is C7H18N2O. The van der Waals surface area contributed by atoms with Crippen molar-refractivity contribution in [3.8, 4) is 0 Å². The summed E-state index contributed by atoms with van der Waals surface area (Å²) in [4.78, 5) is 0. The quantitative estimate of drug-likeness (QED) is 0.485. The molecule has 0 bridgehead atoms. The van der Waals surface area contributed by atoms with E-state index in [1.165, 1.54) is 0 Å². The van der Waals surface area contributed by atoms with Gasteiger partial charge in [-0.1, -0.05) is 13.8 Å². The highest BCUT2D eigenvalue weighted by atomic mass is 16.3. The van der Waals surface area contributed by atoms with Crippen LogP contribution >= 0.6 is 0 Å². The number of aliphatic hydroxyl groups is 1. The summed E-state index contributed by atoms with van der Waals surface area (Å²) >= 11 is 0. The van der Waals surface area contributed by atoms with Crippen LogP contribution in [-0.4, -0.2) is 23.9 Å². The summed E-state index contributed by atoms with van der Waals surface area (Å²) in [5.74, 6) is 0.374. The zero-order chi connectivity index (χ0) is 8.20. The molecule has 0 heterocycles. The van der Waals surface area contributed by atoms with E-state index in [4.69, 9.17) is 10.8 Å². The van der Waals surface area contributed by atoms with E-state index in [-0.39, 0.29) is 12.3 Å². The van der Waals surface area contributed by atoms with Crippen LogP contribution < -0.4 is 11.1 Å². The molecule has 0 fully saturated rings. The number of aliphatic hydroxyl groups excluding tert-OH is 1. The Morgan fingerprint density at radius 1 is 1.60 bits per heavy atom. The van der Waals surface area contributed by atoms with E-state index in [2.05, 4.69) is 5.32 Å². The van der Waals surface area contributed by atoms with Gasteiger partial charge in [-0.3, -0.25) is 5.32 Å². The molecule has 0 spiro atoms. The fraction of sp³-hybridized carbons (Fsp3) is 1.00. The molecule has 0 aromatic carbocycles. The summed E-state index contributed by atoms with van der Waals surface area (Å²) < 4.78 is 0. The van der Waals surface area contributed by atoms with Crippen LogP contribution in [0.3, 0.4) is 0 Å². The van der Waals surface area contributed by atoms with Gasteiger partial charge < -0.3 is 10.8 Å².